The third-order valence-electron chi connectivity index (χ3n) is 3.06. The van der Waals surface area contributed by atoms with E-state index in [-0.39, 0.29) is 0 Å². The fraction of sp³-hybridized carbons (Fsp3) is 0.812. The number of unbranched alkanes of at least 4 members (excludes halogenated alkanes) is 10. The van der Waals surface area contributed by atoms with E-state index in [2.05, 4.69) is 26.0 Å². The minimum atomic E-state index is 0.942. The normalized spacial score (nSPS) is 11.4. The molecule has 0 nitrogen and oxygen atoms in total. The Labute approximate surface area is 104 Å². The van der Waals surface area contributed by atoms with E-state index in [0.717, 1.165) is 6.42 Å². The zero-order valence-electron chi connectivity index (χ0n) is 11.3. The van der Waals surface area contributed by atoms with Crippen molar-refractivity contribution in [2.75, 3.05) is 0 Å². The topological polar surface area (TPSA) is 0 Å². The largest absolute Gasteiger partial charge is 0.0885 e. The molecule has 0 N–H and O–H groups in total. The molecule has 16 heavy (non-hydrogen) atoms. The molecule has 0 saturated heterocycles. The molecule has 0 heteroatoms. The lowest BCUT2D eigenvalue weighted by Crippen LogP contribution is -1.81. The minimum absolute atomic E-state index is 0.942. The van der Waals surface area contributed by atoms with Gasteiger partial charge in [-0.25, -0.2) is 0 Å². The van der Waals surface area contributed by atoms with Gasteiger partial charge in [0.05, 0.1) is 0 Å². The van der Waals surface area contributed by atoms with E-state index in [1.165, 1.54) is 70.6 Å². The number of rotatable bonds is 12. The predicted octanol–water partition coefficient (Wildman–Crippen LogP) is 6.08. The Bertz CT molecular complexity index is 135. The van der Waals surface area contributed by atoms with Crippen LogP contribution in [0.25, 0.3) is 0 Å². The van der Waals surface area contributed by atoms with Crippen LogP contribution in [-0.2, 0) is 0 Å². The number of allylic oxidation sites excluding steroid dienone is 2. The maximum Gasteiger partial charge on any atom is -0.0351 e. The van der Waals surface area contributed by atoms with Gasteiger partial charge in [-0.1, -0.05) is 76.9 Å². The van der Waals surface area contributed by atoms with Gasteiger partial charge in [-0.15, -0.1) is 0 Å². The molecule has 0 spiro atoms. The Balaban J connectivity index is 2.90. The second-order valence-corrected chi connectivity index (χ2v) is 4.73. The first-order chi connectivity index (χ1) is 7.91. The highest BCUT2D eigenvalue weighted by Gasteiger charge is 1.91. The molecule has 0 atom stereocenters. The van der Waals surface area contributed by atoms with Crippen molar-refractivity contribution in [3.8, 4) is 0 Å². The summed E-state index contributed by atoms with van der Waals surface area (Å²) in [5, 5.41) is 0. The van der Waals surface area contributed by atoms with Crippen LogP contribution in [-0.4, -0.2) is 0 Å². The summed E-state index contributed by atoms with van der Waals surface area (Å²) in [7, 11) is 0. The average molecular weight is 223 g/mol. The third kappa shape index (κ3) is 13.7. The lowest BCUT2D eigenvalue weighted by Gasteiger charge is -2.01. The smallest absolute Gasteiger partial charge is 0.0351 e. The molecule has 0 aromatic rings. The summed E-state index contributed by atoms with van der Waals surface area (Å²) < 4.78 is 0. The molecule has 0 unspecified atom stereocenters. The highest BCUT2D eigenvalue weighted by molar-refractivity contribution is 4.81. The van der Waals surface area contributed by atoms with Crippen LogP contribution in [0, 0.1) is 6.92 Å². The molecule has 0 fully saturated rings. The van der Waals surface area contributed by atoms with E-state index < -0.39 is 0 Å². The molecule has 95 valence electrons. The third-order valence-corrected chi connectivity index (χ3v) is 3.06. The monoisotopic (exact) mass is 223 g/mol. The van der Waals surface area contributed by atoms with Gasteiger partial charge in [0, 0.05) is 0 Å². The van der Waals surface area contributed by atoms with Crippen molar-refractivity contribution in [3.63, 3.8) is 0 Å². The summed E-state index contributed by atoms with van der Waals surface area (Å²) in [6.45, 7) is 6.07. The van der Waals surface area contributed by atoms with Crippen LogP contribution in [0.5, 0.6) is 0 Å². The Morgan fingerprint density at radius 3 is 1.69 bits per heavy atom. The van der Waals surface area contributed by atoms with E-state index in [1.807, 2.05) is 0 Å². The van der Waals surface area contributed by atoms with Gasteiger partial charge >= 0.3 is 0 Å². The van der Waals surface area contributed by atoms with Crippen molar-refractivity contribution in [1.29, 1.82) is 0 Å². The van der Waals surface area contributed by atoms with Gasteiger partial charge < -0.3 is 0 Å². The summed E-state index contributed by atoms with van der Waals surface area (Å²) >= 11 is 0. The summed E-state index contributed by atoms with van der Waals surface area (Å²) in [5.41, 5.74) is 0. The Morgan fingerprint density at radius 2 is 1.19 bits per heavy atom. The molecule has 0 aliphatic rings. The van der Waals surface area contributed by atoms with Gasteiger partial charge in [0.25, 0.3) is 0 Å². The first-order valence-electron chi connectivity index (χ1n) is 7.36. The van der Waals surface area contributed by atoms with E-state index in [9.17, 15) is 0 Å². The van der Waals surface area contributed by atoms with Crippen molar-refractivity contribution in [2.45, 2.75) is 84.0 Å². The summed E-state index contributed by atoms with van der Waals surface area (Å²) in [5.74, 6) is 0. The molecule has 0 amide bonds. The van der Waals surface area contributed by atoms with Crippen molar-refractivity contribution in [1.82, 2.24) is 0 Å². The van der Waals surface area contributed by atoms with E-state index in [1.54, 1.807) is 0 Å². The van der Waals surface area contributed by atoms with Crippen molar-refractivity contribution < 1.29 is 0 Å². The molecule has 1 radical (unpaired) electrons. The maximum atomic E-state index is 3.79. The molecule has 0 aliphatic heterocycles. The van der Waals surface area contributed by atoms with E-state index in [0.29, 0.717) is 0 Å². The Kier molecular flexibility index (Phi) is 14.5. The summed E-state index contributed by atoms with van der Waals surface area (Å²) in [6.07, 6.45) is 20.9. The molecule has 0 rings (SSSR count). The molecule has 0 aromatic carbocycles. The standard InChI is InChI=1S/C16H31/c1-3-5-7-9-11-13-15-16-14-12-10-8-6-4-2/h5,7H,1,3-4,6,8-16H2,2H3/b7-5+. The van der Waals surface area contributed by atoms with Crippen molar-refractivity contribution >= 4 is 0 Å². The van der Waals surface area contributed by atoms with Crippen LogP contribution < -0.4 is 0 Å². The zero-order valence-corrected chi connectivity index (χ0v) is 11.3. The first-order valence-corrected chi connectivity index (χ1v) is 7.36. The fourth-order valence-corrected chi connectivity index (χ4v) is 1.99. The summed E-state index contributed by atoms with van der Waals surface area (Å²) in [4.78, 5) is 0. The van der Waals surface area contributed by atoms with E-state index in [4.69, 9.17) is 0 Å². The highest BCUT2D eigenvalue weighted by Crippen LogP contribution is 2.11. The van der Waals surface area contributed by atoms with Gasteiger partial charge in [0.2, 0.25) is 0 Å². The van der Waals surface area contributed by atoms with Crippen molar-refractivity contribution in [3.05, 3.63) is 19.1 Å². The molecule has 0 saturated carbocycles. The van der Waals surface area contributed by atoms with E-state index >= 15 is 0 Å². The fourth-order valence-electron chi connectivity index (χ4n) is 1.99. The quantitative estimate of drug-likeness (QED) is 0.278. The zero-order chi connectivity index (χ0) is 11.9. The second-order valence-electron chi connectivity index (χ2n) is 4.73. The lowest BCUT2D eigenvalue weighted by atomic mass is 10.1. The number of hydrogen-bond acceptors (Lipinski definition) is 0. The molecule has 0 aliphatic carbocycles. The Morgan fingerprint density at radius 1 is 0.688 bits per heavy atom. The second kappa shape index (κ2) is 14.7. The molecular formula is C16H31. The maximum absolute atomic E-state index is 3.79. The highest BCUT2D eigenvalue weighted by atomic mass is 14.0. The SMILES string of the molecule is [CH2]C/C=C/CCCCCCCCCCCC. The van der Waals surface area contributed by atoms with Gasteiger partial charge in [0.15, 0.2) is 0 Å². The van der Waals surface area contributed by atoms with Crippen LogP contribution >= 0.6 is 0 Å². The lowest BCUT2D eigenvalue weighted by molar-refractivity contribution is 0.557. The van der Waals surface area contributed by atoms with Gasteiger partial charge in [-0.05, 0) is 26.2 Å². The first kappa shape index (κ1) is 15.7. The molecule has 0 bridgehead atoms. The van der Waals surface area contributed by atoms with Crippen LogP contribution in [0.15, 0.2) is 12.2 Å². The van der Waals surface area contributed by atoms with Crippen LogP contribution in [0.4, 0.5) is 0 Å². The summed E-state index contributed by atoms with van der Waals surface area (Å²) in [6, 6.07) is 0. The minimum Gasteiger partial charge on any atom is -0.0885 e. The van der Waals surface area contributed by atoms with Crippen LogP contribution in [0.2, 0.25) is 0 Å². The van der Waals surface area contributed by atoms with Crippen LogP contribution in [0.1, 0.15) is 84.0 Å². The average Bonchev–Trinajstić information content (AvgIpc) is 2.31. The van der Waals surface area contributed by atoms with Gasteiger partial charge in [-0.2, -0.15) is 0 Å². The molecule has 0 heterocycles. The Hall–Kier alpha value is -0.260. The molecule has 0 aromatic heterocycles. The van der Waals surface area contributed by atoms with Crippen molar-refractivity contribution in [2.24, 2.45) is 0 Å². The van der Waals surface area contributed by atoms with Gasteiger partial charge in [0.1, 0.15) is 0 Å². The van der Waals surface area contributed by atoms with Crippen LogP contribution in [0.3, 0.4) is 0 Å². The molecular weight excluding hydrogens is 192 g/mol. The number of hydrogen-bond donors (Lipinski definition) is 0. The predicted molar refractivity (Wildman–Crippen MR) is 75.6 cm³/mol. The van der Waals surface area contributed by atoms with Gasteiger partial charge in [-0.3, -0.25) is 0 Å².